The maximum atomic E-state index is 14.3. The molecule has 1 fully saturated rings. The molecule has 7 nitrogen and oxygen atoms in total. The van der Waals surface area contributed by atoms with Crippen LogP contribution in [0.25, 0.3) is 5.69 Å². The molecule has 2 aromatic rings. The Labute approximate surface area is 156 Å². The first kappa shape index (κ1) is 19.1. The fourth-order valence-electron chi connectivity index (χ4n) is 2.79. The third-order valence-electron chi connectivity index (χ3n) is 4.05. The highest BCUT2D eigenvalue weighted by Crippen LogP contribution is 2.23. The van der Waals surface area contributed by atoms with Crippen LogP contribution in [0.15, 0.2) is 30.6 Å². The standard InChI is InChI=1S/C16H19ClFN3O4S/c1-26(22,23)20-15-10-24-5-4-11(15)9-25-13-2-3-16(14(18)6-13)21-8-12(17)7-19-21/h2-3,6-8,11,15,20H,4-5,9-10H2,1H3. The van der Waals surface area contributed by atoms with Gasteiger partial charge in [0.2, 0.25) is 10.0 Å². The highest BCUT2D eigenvalue weighted by Gasteiger charge is 2.28. The van der Waals surface area contributed by atoms with E-state index < -0.39 is 15.8 Å². The number of hydrogen-bond donors (Lipinski definition) is 1. The third kappa shape index (κ3) is 4.94. The Balaban J connectivity index is 1.66. The average molecular weight is 404 g/mol. The van der Waals surface area contributed by atoms with Crippen LogP contribution in [0.3, 0.4) is 0 Å². The summed E-state index contributed by atoms with van der Waals surface area (Å²) in [6.45, 7) is 1.07. The molecule has 0 saturated carbocycles. The second-order valence-corrected chi connectivity index (χ2v) is 8.36. The van der Waals surface area contributed by atoms with E-state index in [0.29, 0.717) is 23.8 Å². The van der Waals surface area contributed by atoms with Crippen LogP contribution in [0, 0.1) is 11.7 Å². The molecular weight excluding hydrogens is 385 g/mol. The molecule has 2 heterocycles. The van der Waals surface area contributed by atoms with Gasteiger partial charge >= 0.3 is 0 Å². The summed E-state index contributed by atoms with van der Waals surface area (Å²) in [4.78, 5) is 0. The van der Waals surface area contributed by atoms with Crippen LogP contribution >= 0.6 is 11.6 Å². The van der Waals surface area contributed by atoms with E-state index in [1.807, 2.05) is 0 Å². The van der Waals surface area contributed by atoms with E-state index in [9.17, 15) is 12.8 Å². The largest absolute Gasteiger partial charge is 0.493 e. The van der Waals surface area contributed by atoms with E-state index in [-0.39, 0.29) is 30.9 Å². The van der Waals surface area contributed by atoms with E-state index in [1.165, 1.54) is 23.1 Å². The van der Waals surface area contributed by atoms with Gasteiger partial charge < -0.3 is 9.47 Å². The number of ether oxygens (including phenoxy) is 2. The zero-order chi connectivity index (χ0) is 18.7. The normalized spacial score (nSPS) is 20.9. The van der Waals surface area contributed by atoms with Crippen LogP contribution in [0.5, 0.6) is 5.75 Å². The molecule has 1 aliphatic rings. The number of nitrogens with zero attached hydrogens (tertiary/aromatic N) is 2. The minimum atomic E-state index is -3.35. The van der Waals surface area contributed by atoms with E-state index in [2.05, 4.69) is 9.82 Å². The van der Waals surface area contributed by atoms with E-state index in [1.54, 1.807) is 12.1 Å². The highest BCUT2D eigenvalue weighted by atomic mass is 35.5. The lowest BCUT2D eigenvalue weighted by Crippen LogP contribution is -2.48. The zero-order valence-electron chi connectivity index (χ0n) is 14.1. The van der Waals surface area contributed by atoms with Gasteiger partial charge in [0.25, 0.3) is 0 Å². The van der Waals surface area contributed by atoms with Crippen molar-refractivity contribution in [3.05, 3.63) is 41.4 Å². The molecule has 1 saturated heterocycles. The minimum Gasteiger partial charge on any atom is -0.493 e. The molecule has 142 valence electrons. The van der Waals surface area contributed by atoms with Crippen molar-refractivity contribution >= 4 is 21.6 Å². The number of halogens is 2. The summed E-state index contributed by atoms with van der Waals surface area (Å²) in [7, 11) is -3.35. The summed E-state index contributed by atoms with van der Waals surface area (Å²) in [5.41, 5.74) is 0.256. The van der Waals surface area contributed by atoms with Crippen molar-refractivity contribution < 1.29 is 22.3 Å². The smallest absolute Gasteiger partial charge is 0.209 e. The predicted octanol–water partition coefficient (Wildman–Crippen LogP) is 2.00. The van der Waals surface area contributed by atoms with Crippen LogP contribution in [0.1, 0.15) is 6.42 Å². The molecule has 1 aliphatic heterocycles. The first-order valence-corrected chi connectivity index (χ1v) is 10.3. The lowest BCUT2D eigenvalue weighted by molar-refractivity contribution is 0.0275. The van der Waals surface area contributed by atoms with Crippen molar-refractivity contribution in [3.63, 3.8) is 0 Å². The molecule has 1 aromatic heterocycles. The summed E-state index contributed by atoms with van der Waals surface area (Å²) in [6, 6.07) is 4.08. The maximum Gasteiger partial charge on any atom is 0.209 e. The SMILES string of the molecule is CS(=O)(=O)NC1COCCC1COc1ccc(-n2cc(Cl)cn2)c(F)c1. The second kappa shape index (κ2) is 7.91. The molecule has 26 heavy (non-hydrogen) atoms. The van der Waals surface area contributed by atoms with Gasteiger partial charge in [0.1, 0.15) is 11.4 Å². The van der Waals surface area contributed by atoms with E-state index in [4.69, 9.17) is 21.1 Å². The summed E-state index contributed by atoms with van der Waals surface area (Å²) < 4.78 is 52.2. The Morgan fingerprint density at radius 3 is 2.96 bits per heavy atom. The van der Waals surface area contributed by atoms with Crippen molar-refractivity contribution in [1.29, 1.82) is 0 Å². The molecule has 0 bridgehead atoms. The second-order valence-electron chi connectivity index (χ2n) is 6.15. The third-order valence-corrected chi connectivity index (χ3v) is 4.97. The van der Waals surface area contributed by atoms with Crippen LogP contribution in [-0.4, -0.2) is 50.3 Å². The Morgan fingerprint density at radius 2 is 2.31 bits per heavy atom. The summed E-state index contributed by atoms with van der Waals surface area (Å²) in [6.07, 6.45) is 4.68. The molecule has 0 spiro atoms. The Hall–Kier alpha value is -1.68. The number of benzene rings is 1. The first-order chi connectivity index (χ1) is 12.3. The molecule has 0 amide bonds. The van der Waals surface area contributed by atoms with Crippen molar-refractivity contribution in [2.45, 2.75) is 12.5 Å². The monoisotopic (exact) mass is 403 g/mol. The molecule has 3 rings (SSSR count). The molecule has 2 unspecified atom stereocenters. The van der Waals surface area contributed by atoms with Gasteiger partial charge in [0, 0.05) is 24.8 Å². The number of hydrogen-bond acceptors (Lipinski definition) is 5. The highest BCUT2D eigenvalue weighted by molar-refractivity contribution is 7.88. The zero-order valence-corrected chi connectivity index (χ0v) is 15.6. The summed E-state index contributed by atoms with van der Waals surface area (Å²) >= 11 is 5.80. The minimum absolute atomic E-state index is 0.0638. The van der Waals surface area contributed by atoms with Gasteiger partial charge in [-0.1, -0.05) is 11.6 Å². The number of rotatable bonds is 6. The van der Waals surface area contributed by atoms with Crippen molar-refractivity contribution in [2.75, 3.05) is 26.1 Å². The summed E-state index contributed by atoms with van der Waals surface area (Å²) in [5.74, 6) is -0.208. The van der Waals surface area contributed by atoms with E-state index in [0.717, 1.165) is 6.26 Å². The number of aromatic nitrogens is 2. The molecule has 1 aromatic carbocycles. The molecule has 2 atom stereocenters. The molecule has 10 heteroatoms. The number of nitrogens with one attached hydrogen (secondary N) is 1. The van der Waals surface area contributed by atoms with Gasteiger partial charge in [-0.2, -0.15) is 5.10 Å². The Bertz CT molecular complexity index is 874. The number of sulfonamides is 1. The Kier molecular flexibility index (Phi) is 5.81. The van der Waals surface area contributed by atoms with Gasteiger partial charge in [-0.25, -0.2) is 22.2 Å². The Morgan fingerprint density at radius 1 is 1.50 bits per heavy atom. The van der Waals surface area contributed by atoms with E-state index >= 15 is 0 Å². The van der Waals surface area contributed by atoms with Gasteiger partial charge in [-0.05, 0) is 18.6 Å². The van der Waals surface area contributed by atoms with Crippen LogP contribution in [0.2, 0.25) is 5.02 Å². The lowest BCUT2D eigenvalue weighted by atomic mass is 9.97. The lowest BCUT2D eigenvalue weighted by Gasteiger charge is -2.31. The fraction of sp³-hybridized carbons (Fsp3) is 0.438. The van der Waals surface area contributed by atoms with Gasteiger partial charge in [-0.3, -0.25) is 0 Å². The van der Waals surface area contributed by atoms with Gasteiger partial charge in [-0.15, -0.1) is 0 Å². The van der Waals surface area contributed by atoms with Gasteiger partial charge in [0.15, 0.2) is 5.82 Å². The molecular formula is C16H19ClFN3O4S. The quantitative estimate of drug-likeness (QED) is 0.797. The van der Waals surface area contributed by atoms with Crippen LogP contribution in [0.4, 0.5) is 4.39 Å². The molecule has 1 N–H and O–H groups in total. The fourth-order valence-corrected chi connectivity index (χ4v) is 3.73. The van der Waals surface area contributed by atoms with Crippen molar-refractivity contribution in [3.8, 4) is 11.4 Å². The molecule has 0 aliphatic carbocycles. The first-order valence-electron chi connectivity index (χ1n) is 8.00. The topological polar surface area (TPSA) is 82.5 Å². The summed E-state index contributed by atoms with van der Waals surface area (Å²) in [5, 5.41) is 4.38. The molecule has 0 radical (unpaired) electrons. The maximum absolute atomic E-state index is 14.3. The van der Waals surface area contributed by atoms with Crippen molar-refractivity contribution in [2.24, 2.45) is 5.92 Å². The predicted molar refractivity (Wildman–Crippen MR) is 94.7 cm³/mol. The van der Waals surface area contributed by atoms with Crippen LogP contribution in [-0.2, 0) is 14.8 Å². The van der Waals surface area contributed by atoms with Crippen molar-refractivity contribution in [1.82, 2.24) is 14.5 Å². The van der Waals surface area contributed by atoms with Gasteiger partial charge in [0.05, 0.1) is 36.7 Å². The average Bonchev–Trinajstić information content (AvgIpc) is 2.99. The van der Waals surface area contributed by atoms with Crippen LogP contribution < -0.4 is 9.46 Å².